The number of fused-ring (bicyclic) bond motifs is 1. The highest BCUT2D eigenvalue weighted by Crippen LogP contribution is 2.57. The number of para-hydroxylation sites is 1. The summed E-state index contributed by atoms with van der Waals surface area (Å²) in [6, 6.07) is 31.5. The molecule has 3 aliphatic rings. The fourth-order valence-electron chi connectivity index (χ4n) is 8.78. The summed E-state index contributed by atoms with van der Waals surface area (Å²) in [6.07, 6.45) is 3.09. The Balaban J connectivity index is 1.43. The molecule has 0 radical (unpaired) electrons. The molecule has 3 aliphatic heterocycles. The molecule has 1 atom stereocenters. The van der Waals surface area contributed by atoms with Gasteiger partial charge in [-0.25, -0.2) is 0 Å². The maximum atomic E-state index is 15.8. The summed E-state index contributed by atoms with van der Waals surface area (Å²) in [4.78, 5) is 33.7. The summed E-state index contributed by atoms with van der Waals surface area (Å²) in [5.41, 5.74) is 17.4. The summed E-state index contributed by atoms with van der Waals surface area (Å²) >= 11 is 6.47. The molecule has 2 amide bonds. The number of nitrogens with zero attached hydrogens (tertiary/aromatic N) is 2. The van der Waals surface area contributed by atoms with E-state index in [1.54, 1.807) is 13.2 Å². The number of piperidine rings is 2. The summed E-state index contributed by atoms with van der Waals surface area (Å²) in [5, 5.41) is 7.48. The van der Waals surface area contributed by atoms with Gasteiger partial charge in [-0.15, -0.1) is 0 Å². The van der Waals surface area contributed by atoms with Crippen LogP contribution in [0.2, 0.25) is 5.02 Å². The number of benzene rings is 4. The molecule has 3 heterocycles. The highest BCUT2D eigenvalue weighted by atomic mass is 35.5. The van der Waals surface area contributed by atoms with Crippen LogP contribution in [0, 0.1) is 5.92 Å². The van der Waals surface area contributed by atoms with E-state index in [1.165, 1.54) is 5.56 Å². The second-order valence-electron chi connectivity index (χ2n) is 14.1. The fourth-order valence-corrected chi connectivity index (χ4v) is 8.99. The van der Waals surface area contributed by atoms with Crippen LogP contribution in [0.3, 0.4) is 0 Å². The monoisotopic (exact) mass is 718 g/mol. The van der Waals surface area contributed by atoms with E-state index >= 15 is 4.79 Å². The maximum absolute atomic E-state index is 15.8. The molecule has 0 aromatic heterocycles. The highest BCUT2D eigenvalue weighted by molar-refractivity contribution is 6.30. The van der Waals surface area contributed by atoms with Crippen molar-refractivity contribution in [1.29, 1.82) is 0 Å². The zero-order valence-electron chi connectivity index (χ0n) is 29.6. The molecule has 0 saturated carbocycles. The van der Waals surface area contributed by atoms with Crippen molar-refractivity contribution < 1.29 is 14.3 Å². The summed E-state index contributed by atoms with van der Waals surface area (Å²) in [6.45, 7) is 4.38. The number of anilines is 1. The van der Waals surface area contributed by atoms with Crippen LogP contribution in [0.5, 0.6) is 5.75 Å². The molecule has 0 aliphatic carbocycles. The topological polar surface area (TPSA) is 126 Å². The molecule has 1 unspecified atom stereocenters. The van der Waals surface area contributed by atoms with E-state index in [4.69, 9.17) is 27.8 Å². The van der Waals surface area contributed by atoms with Gasteiger partial charge in [-0.2, -0.15) is 0 Å². The number of nitrogens with two attached hydrogens (primary N) is 2. The van der Waals surface area contributed by atoms with Crippen LogP contribution in [0.15, 0.2) is 108 Å². The first-order valence-electron chi connectivity index (χ1n) is 18.2. The van der Waals surface area contributed by atoms with Crippen molar-refractivity contribution in [3.63, 3.8) is 0 Å². The minimum Gasteiger partial charge on any atom is -0.495 e. The number of nitrogens with one attached hydrogen (secondary N) is 2. The lowest BCUT2D eigenvalue weighted by molar-refractivity contribution is -0.131. The largest absolute Gasteiger partial charge is 0.495 e. The Labute approximate surface area is 311 Å². The summed E-state index contributed by atoms with van der Waals surface area (Å²) in [5.74, 6) is 0.00313. The summed E-state index contributed by atoms with van der Waals surface area (Å²) < 4.78 is 5.91. The molecule has 4 aromatic rings. The number of halogens is 1. The molecule has 7 rings (SSSR count). The van der Waals surface area contributed by atoms with Crippen molar-refractivity contribution >= 4 is 29.1 Å². The lowest BCUT2D eigenvalue weighted by Crippen LogP contribution is -2.55. The van der Waals surface area contributed by atoms with Crippen molar-refractivity contribution in [2.75, 3.05) is 38.6 Å². The first-order chi connectivity index (χ1) is 25.3. The third-order valence-electron chi connectivity index (χ3n) is 11.1. The minimum atomic E-state index is -1.14. The second kappa shape index (κ2) is 15.4. The van der Waals surface area contributed by atoms with Crippen LogP contribution in [-0.4, -0.2) is 60.9 Å². The first kappa shape index (κ1) is 35.6. The average molecular weight is 719 g/mol. The van der Waals surface area contributed by atoms with E-state index in [1.807, 2.05) is 71.6 Å². The van der Waals surface area contributed by atoms with Crippen molar-refractivity contribution in [3.05, 3.63) is 141 Å². The predicted molar refractivity (Wildman–Crippen MR) is 206 cm³/mol. The molecule has 0 bridgehead atoms. The molecule has 6 N–H and O–H groups in total. The second-order valence-corrected chi connectivity index (χ2v) is 14.5. The molecule has 52 heavy (non-hydrogen) atoms. The number of rotatable bonds is 10. The van der Waals surface area contributed by atoms with E-state index in [9.17, 15) is 4.79 Å². The van der Waals surface area contributed by atoms with Gasteiger partial charge in [0.1, 0.15) is 11.6 Å². The van der Waals surface area contributed by atoms with Crippen LogP contribution in [0.4, 0.5) is 5.69 Å². The molecule has 4 aromatic carbocycles. The number of likely N-dealkylation sites (tertiary alicyclic amines) is 1. The minimum absolute atomic E-state index is 0.0449. The zero-order chi connectivity index (χ0) is 36.2. The van der Waals surface area contributed by atoms with E-state index in [-0.39, 0.29) is 23.7 Å². The third-order valence-corrected chi connectivity index (χ3v) is 11.4. The van der Waals surface area contributed by atoms with Crippen LogP contribution in [0.25, 0.3) is 0 Å². The first-order valence-corrected chi connectivity index (χ1v) is 18.6. The van der Waals surface area contributed by atoms with Gasteiger partial charge in [0.2, 0.25) is 5.91 Å². The van der Waals surface area contributed by atoms with Crippen LogP contribution >= 0.6 is 11.6 Å². The highest BCUT2D eigenvalue weighted by Gasteiger charge is 2.55. The van der Waals surface area contributed by atoms with Gasteiger partial charge >= 0.3 is 0 Å². The quantitative estimate of drug-likeness (QED) is 0.158. The molecule has 9 nitrogen and oxygen atoms in total. The van der Waals surface area contributed by atoms with Gasteiger partial charge in [-0.3, -0.25) is 14.5 Å². The Kier molecular flexibility index (Phi) is 10.5. The molecule has 270 valence electrons. The van der Waals surface area contributed by atoms with Gasteiger partial charge < -0.3 is 31.7 Å². The number of primary amides is 1. The van der Waals surface area contributed by atoms with Crippen LogP contribution in [0.1, 0.15) is 58.3 Å². The summed E-state index contributed by atoms with van der Waals surface area (Å²) in [7, 11) is 1.63. The Morgan fingerprint density at radius 2 is 1.56 bits per heavy atom. The number of carbonyl (C=O) groups is 2. The SMILES string of the molecule is COc1cccc2c1NC(N)=C(C(=O)N(Cc1cccc(Cl)c1)C1CCNCC1)C2(c1ccccc1C(N)=O)C1CCN(Cc2ccccc2)CC1. The Bertz CT molecular complexity index is 1950. The third kappa shape index (κ3) is 6.76. The number of methoxy groups -OCH3 is 1. The van der Waals surface area contributed by atoms with Crippen LogP contribution in [-0.2, 0) is 23.3 Å². The average Bonchev–Trinajstić information content (AvgIpc) is 3.17. The van der Waals surface area contributed by atoms with Gasteiger partial charge in [-0.05, 0) is 104 Å². The lowest BCUT2D eigenvalue weighted by atomic mass is 9.56. The van der Waals surface area contributed by atoms with Crippen molar-refractivity contribution in [2.24, 2.45) is 17.4 Å². The molecular weight excluding hydrogens is 672 g/mol. The van der Waals surface area contributed by atoms with Gasteiger partial charge in [0, 0.05) is 29.7 Å². The lowest BCUT2D eigenvalue weighted by Gasteiger charge is -2.51. The number of hydrogen-bond acceptors (Lipinski definition) is 7. The van der Waals surface area contributed by atoms with E-state index in [0.29, 0.717) is 39.7 Å². The Morgan fingerprint density at radius 1 is 0.885 bits per heavy atom. The smallest absolute Gasteiger partial charge is 0.255 e. The van der Waals surface area contributed by atoms with Crippen LogP contribution < -0.4 is 26.8 Å². The number of carbonyl (C=O) groups excluding carboxylic acids is 2. The van der Waals surface area contributed by atoms with E-state index < -0.39 is 11.3 Å². The predicted octanol–water partition coefficient (Wildman–Crippen LogP) is 6.02. The van der Waals surface area contributed by atoms with Gasteiger partial charge in [0.05, 0.1) is 23.8 Å². The fraction of sp³-hybridized carbons (Fsp3) is 0.333. The molecular formula is C42H47ClN6O3. The number of ether oxygens (including phenoxy) is 1. The molecule has 0 spiro atoms. The van der Waals surface area contributed by atoms with Crippen molar-refractivity contribution in [2.45, 2.75) is 50.2 Å². The zero-order valence-corrected chi connectivity index (χ0v) is 30.4. The van der Waals surface area contributed by atoms with Crippen molar-refractivity contribution in [3.8, 4) is 5.75 Å². The Morgan fingerprint density at radius 3 is 2.27 bits per heavy atom. The van der Waals surface area contributed by atoms with Gasteiger partial charge in [-0.1, -0.05) is 84.4 Å². The maximum Gasteiger partial charge on any atom is 0.255 e. The van der Waals surface area contributed by atoms with Gasteiger partial charge in [0.15, 0.2) is 0 Å². The van der Waals surface area contributed by atoms with Crippen molar-refractivity contribution in [1.82, 2.24) is 15.1 Å². The normalized spacial score (nSPS) is 19.8. The number of amides is 2. The number of hydrogen-bond donors (Lipinski definition) is 4. The molecule has 2 saturated heterocycles. The molecule has 10 heteroatoms. The van der Waals surface area contributed by atoms with E-state index in [2.05, 4.69) is 39.8 Å². The standard InChI is InChI=1S/C42H47ClN6O3/c1-52-36-16-8-15-35-38(36)47-39(44)37(41(51)49(32-17-21-46-22-18-32)27-29-11-7-12-31(43)25-29)42(35,34-14-6-5-13-33(34)40(45)50)30-19-23-48(24-20-30)26-28-9-3-2-4-10-28/h2-16,25,30,32,46-47H,17-24,26-27,44H2,1H3,(H2,45,50). The Hall–Kier alpha value is -4.83. The van der Waals surface area contributed by atoms with E-state index in [0.717, 1.165) is 69.5 Å². The van der Waals surface area contributed by atoms with Gasteiger partial charge in [0.25, 0.3) is 5.91 Å². The molecule has 2 fully saturated rings.